The fourth-order valence-electron chi connectivity index (χ4n) is 2.50. The van der Waals surface area contributed by atoms with Crippen LogP contribution >= 0.6 is 0 Å². The van der Waals surface area contributed by atoms with Crippen LogP contribution in [0.3, 0.4) is 0 Å². The van der Waals surface area contributed by atoms with Crippen LogP contribution in [0.2, 0.25) is 0 Å². The molecular weight excluding hydrogens is 318 g/mol. The molecule has 5 nitrogen and oxygen atoms in total. The molecule has 25 heavy (non-hydrogen) atoms. The molecule has 0 saturated carbocycles. The lowest BCUT2D eigenvalue weighted by molar-refractivity contribution is 0.0989. The third-order valence-electron chi connectivity index (χ3n) is 3.86. The summed E-state index contributed by atoms with van der Waals surface area (Å²) in [5.74, 6) is 0.228. The summed E-state index contributed by atoms with van der Waals surface area (Å²) in [6, 6.07) is 15.9. The molecule has 0 unspecified atom stereocenters. The number of amides is 1. The fraction of sp³-hybridized carbons (Fsp3) is 0.200. The van der Waals surface area contributed by atoms with Crippen LogP contribution in [0.1, 0.15) is 23.7 Å². The van der Waals surface area contributed by atoms with E-state index in [1.165, 1.54) is 4.90 Å². The van der Waals surface area contributed by atoms with Gasteiger partial charge >= 0.3 is 5.63 Å². The number of nitrogens with zero attached hydrogens (tertiary/aromatic N) is 1. The number of ether oxygens (including phenoxy) is 1. The van der Waals surface area contributed by atoms with E-state index in [0.717, 1.165) is 6.42 Å². The summed E-state index contributed by atoms with van der Waals surface area (Å²) in [4.78, 5) is 26.4. The number of benzene rings is 2. The Kier molecular flexibility index (Phi) is 4.84. The molecule has 0 bridgehead atoms. The van der Waals surface area contributed by atoms with Crippen LogP contribution in [0.4, 0.5) is 5.69 Å². The number of hydrogen-bond acceptors (Lipinski definition) is 4. The fourth-order valence-corrected chi connectivity index (χ4v) is 2.50. The molecule has 0 fully saturated rings. The monoisotopic (exact) mass is 337 g/mol. The first-order valence-electron chi connectivity index (χ1n) is 8.14. The molecule has 0 aliphatic rings. The van der Waals surface area contributed by atoms with Gasteiger partial charge in [-0.1, -0.05) is 25.1 Å². The second-order valence-electron chi connectivity index (χ2n) is 5.70. The molecule has 0 aliphatic carbocycles. The minimum Gasteiger partial charge on any atom is -0.493 e. The summed E-state index contributed by atoms with van der Waals surface area (Å²) in [6.45, 7) is 2.61. The van der Waals surface area contributed by atoms with E-state index in [0.29, 0.717) is 29.0 Å². The first kappa shape index (κ1) is 16.8. The minimum absolute atomic E-state index is 0.001000. The molecule has 0 N–H and O–H groups in total. The third kappa shape index (κ3) is 3.55. The number of rotatable bonds is 5. The van der Waals surface area contributed by atoms with E-state index in [1.54, 1.807) is 43.4 Å². The second-order valence-corrected chi connectivity index (χ2v) is 5.70. The van der Waals surface area contributed by atoms with Gasteiger partial charge in [-0.3, -0.25) is 4.79 Å². The van der Waals surface area contributed by atoms with Crippen molar-refractivity contribution in [3.05, 3.63) is 70.6 Å². The minimum atomic E-state index is -0.659. The van der Waals surface area contributed by atoms with Gasteiger partial charge in [-0.2, -0.15) is 0 Å². The molecule has 1 heterocycles. The maximum Gasteiger partial charge on any atom is 0.349 e. The SMILES string of the molecule is CCCOc1ccc2cc(C(=O)N(C)c3ccccc3)c(=O)oc2c1. The second kappa shape index (κ2) is 7.21. The zero-order valence-electron chi connectivity index (χ0n) is 14.2. The average molecular weight is 337 g/mol. The first-order valence-corrected chi connectivity index (χ1v) is 8.14. The molecule has 5 heteroatoms. The Morgan fingerprint density at radius 3 is 2.60 bits per heavy atom. The number of carbonyl (C=O) groups excluding carboxylic acids is 1. The molecule has 0 saturated heterocycles. The molecule has 1 aromatic heterocycles. The van der Waals surface area contributed by atoms with Gasteiger partial charge in [0.15, 0.2) is 0 Å². The number of anilines is 1. The Bertz CT molecular complexity index is 947. The Morgan fingerprint density at radius 1 is 1.12 bits per heavy atom. The van der Waals surface area contributed by atoms with Crippen molar-refractivity contribution in [2.24, 2.45) is 0 Å². The first-order chi connectivity index (χ1) is 12.1. The van der Waals surface area contributed by atoms with Gasteiger partial charge in [-0.15, -0.1) is 0 Å². The zero-order chi connectivity index (χ0) is 17.8. The van der Waals surface area contributed by atoms with Crippen molar-refractivity contribution < 1.29 is 13.9 Å². The van der Waals surface area contributed by atoms with Crippen LogP contribution in [0, 0.1) is 0 Å². The van der Waals surface area contributed by atoms with Gasteiger partial charge < -0.3 is 14.1 Å². The summed E-state index contributed by atoms with van der Waals surface area (Å²) in [6.07, 6.45) is 0.890. The Balaban J connectivity index is 1.95. The van der Waals surface area contributed by atoms with E-state index in [1.807, 2.05) is 25.1 Å². The number of hydrogen-bond donors (Lipinski definition) is 0. The van der Waals surface area contributed by atoms with Crippen molar-refractivity contribution in [2.45, 2.75) is 13.3 Å². The van der Waals surface area contributed by atoms with Crippen molar-refractivity contribution in [2.75, 3.05) is 18.6 Å². The van der Waals surface area contributed by atoms with Crippen LogP contribution in [0.5, 0.6) is 5.75 Å². The molecule has 0 radical (unpaired) electrons. The Labute approximate surface area is 145 Å². The van der Waals surface area contributed by atoms with Gasteiger partial charge in [0, 0.05) is 24.2 Å². The maximum absolute atomic E-state index is 12.7. The topological polar surface area (TPSA) is 59.8 Å². The third-order valence-corrected chi connectivity index (χ3v) is 3.86. The number of para-hydroxylation sites is 1. The van der Waals surface area contributed by atoms with Gasteiger partial charge in [0.1, 0.15) is 16.9 Å². The van der Waals surface area contributed by atoms with E-state index in [4.69, 9.17) is 9.15 Å². The van der Waals surface area contributed by atoms with Crippen molar-refractivity contribution in [1.29, 1.82) is 0 Å². The van der Waals surface area contributed by atoms with Crippen molar-refractivity contribution in [3.63, 3.8) is 0 Å². The van der Waals surface area contributed by atoms with E-state index in [9.17, 15) is 9.59 Å². The highest BCUT2D eigenvalue weighted by Crippen LogP contribution is 2.22. The summed E-state index contributed by atoms with van der Waals surface area (Å²) in [7, 11) is 1.63. The standard InChI is InChI=1S/C20H19NO4/c1-3-11-24-16-10-9-14-12-17(20(23)25-18(14)13-16)19(22)21(2)15-7-5-4-6-8-15/h4-10,12-13H,3,11H2,1-2H3. The van der Waals surface area contributed by atoms with Crippen molar-refractivity contribution >= 4 is 22.6 Å². The number of fused-ring (bicyclic) bond motifs is 1. The molecule has 3 aromatic rings. The van der Waals surface area contributed by atoms with Gasteiger partial charge in [-0.25, -0.2) is 4.79 Å². The van der Waals surface area contributed by atoms with Crippen LogP contribution < -0.4 is 15.3 Å². The zero-order valence-corrected chi connectivity index (χ0v) is 14.2. The van der Waals surface area contributed by atoms with Crippen LogP contribution in [0.15, 0.2) is 63.8 Å². The molecule has 128 valence electrons. The lowest BCUT2D eigenvalue weighted by Gasteiger charge is -2.16. The van der Waals surface area contributed by atoms with Gasteiger partial charge in [-0.05, 0) is 36.8 Å². The highest BCUT2D eigenvalue weighted by Gasteiger charge is 2.19. The van der Waals surface area contributed by atoms with Crippen LogP contribution in [0.25, 0.3) is 11.0 Å². The van der Waals surface area contributed by atoms with Gasteiger partial charge in [0.25, 0.3) is 5.91 Å². The molecule has 0 spiro atoms. The van der Waals surface area contributed by atoms with Crippen molar-refractivity contribution in [1.82, 2.24) is 0 Å². The molecule has 1 amide bonds. The Hall–Kier alpha value is -3.08. The molecular formula is C20H19NO4. The molecule has 2 aromatic carbocycles. The highest BCUT2D eigenvalue weighted by atomic mass is 16.5. The van der Waals surface area contributed by atoms with Crippen molar-refractivity contribution in [3.8, 4) is 5.75 Å². The summed E-state index contributed by atoms with van der Waals surface area (Å²) in [5.41, 5.74) is 0.446. The highest BCUT2D eigenvalue weighted by molar-refractivity contribution is 6.06. The maximum atomic E-state index is 12.7. The summed E-state index contributed by atoms with van der Waals surface area (Å²) >= 11 is 0. The van der Waals surface area contributed by atoms with Crippen LogP contribution in [-0.4, -0.2) is 19.6 Å². The van der Waals surface area contributed by atoms with E-state index >= 15 is 0 Å². The van der Waals surface area contributed by atoms with Gasteiger partial charge in [0.05, 0.1) is 6.61 Å². The molecule has 0 aliphatic heterocycles. The smallest absolute Gasteiger partial charge is 0.349 e. The average Bonchev–Trinajstić information content (AvgIpc) is 2.65. The summed E-state index contributed by atoms with van der Waals surface area (Å²) in [5, 5.41) is 0.674. The lowest BCUT2D eigenvalue weighted by atomic mass is 10.1. The largest absolute Gasteiger partial charge is 0.493 e. The predicted octanol–water partition coefficient (Wildman–Crippen LogP) is 3.86. The molecule has 3 rings (SSSR count). The van der Waals surface area contributed by atoms with Gasteiger partial charge in [0.2, 0.25) is 0 Å². The number of carbonyl (C=O) groups is 1. The predicted molar refractivity (Wildman–Crippen MR) is 97.4 cm³/mol. The lowest BCUT2D eigenvalue weighted by Crippen LogP contribution is -2.30. The van der Waals surface area contributed by atoms with E-state index in [-0.39, 0.29) is 5.56 Å². The normalized spacial score (nSPS) is 10.6. The Morgan fingerprint density at radius 2 is 1.88 bits per heavy atom. The quantitative estimate of drug-likeness (QED) is 0.663. The molecule has 0 atom stereocenters. The van der Waals surface area contributed by atoms with Crippen LogP contribution in [-0.2, 0) is 0 Å². The summed E-state index contributed by atoms with van der Waals surface area (Å²) < 4.78 is 10.9. The van der Waals surface area contributed by atoms with E-state index < -0.39 is 11.5 Å². The van der Waals surface area contributed by atoms with E-state index in [2.05, 4.69) is 0 Å².